The molecule has 0 spiro atoms. The van der Waals surface area contributed by atoms with Crippen LogP contribution >= 0.6 is 0 Å². The minimum Gasteiger partial charge on any atom is -0.403 e. The molecule has 2 saturated heterocycles. The van der Waals surface area contributed by atoms with Crippen LogP contribution in [0.3, 0.4) is 0 Å². The van der Waals surface area contributed by atoms with Crippen LogP contribution in [0.4, 0.5) is 0 Å². The van der Waals surface area contributed by atoms with E-state index in [0.717, 1.165) is 19.1 Å². The Kier molecular flexibility index (Phi) is 2.27. The summed E-state index contributed by atoms with van der Waals surface area (Å²) in [6.45, 7) is 10.6. The van der Waals surface area contributed by atoms with Crippen molar-refractivity contribution in [3.63, 3.8) is 0 Å². The maximum atomic E-state index is 6.26. The summed E-state index contributed by atoms with van der Waals surface area (Å²) in [5.41, 5.74) is 0.216. The highest BCUT2D eigenvalue weighted by Gasteiger charge is 2.77. The topological polar surface area (TPSA) is 27.7 Å². The summed E-state index contributed by atoms with van der Waals surface area (Å²) >= 11 is 0. The van der Waals surface area contributed by atoms with Crippen molar-refractivity contribution >= 4 is 7.12 Å². The molecule has 3 saturated carbocycles. The van der Waals surface area contributed by atoms with E-state index in [0.29, 0.717) is 10.7 Å². The van der Waals surface area contributed by atoms with Crippen LogP contribution in [0, 0.1) is 11.3 Å². The van der Waals surface area contributed by atoms with Gasteiger partial charge in [0.2, 0.25) is 0 Å². The molecule has 3 nitrogen and oxygen atoms in total. The first-order valence-electron chi connectivity index (χ1n) is 7.72. The van der Waals surface area contributed by atoms with Crippen molar-refractivity contribution in [2.24, 2.45) is 11.3 Å². The van der Waals surface area contributed by atoms with Crippen LogP contribution in [-0.2, 0) is 14.0 Å². The van der Waals surface area contributed by atoms with Crippen LogP contribution in [0.15, 0.2) is 0 Å². The Labute approximate surface area is 116 Å². The van der Waals surface area contributed by atoms with E-state index in [9.17, 15) is 0 Å². The minimum atomic E-state index is -0.184. The minimum absolute atomic E-state index is 0.0155. The first-order chi connectivity index (χ1) is 8.79. The molecule has 5 aliphatic rings. The molecule has 5 rings (SSSR count). The second kappa shape index (κ2) is 3.40. The van der Waals surface area contributed by atoms with Gasteiger partial charge < -0.3 is 14.0 Å². The lowest BCUT2D eigenvalue weighted by molar-refractivity contribution is -0.152. The first-order valence-corrected chi connectivity index (χ1v) is 7.72. The number of hydrogen-bond donors (Lipinski definition) is 0. The molecule has 4 heteroatoms. The molecule has 5 fully saturated rings. The van der Waals surface area contributed by atoms with Gasteiger partial charge >= 0.3 is 7.12 Å². The van der Waals surface area contributed by atoms with Crippen LogP contribution < -0.4 is 0 Å². The average Bonchev–Trinajstić information content (AvgIpc) is 2.70. The highest BCUT2D eigenvalue weighted by molar-refractivity contribution is 6.51. The molecule has 106 valence electrons. The van der Waals surface area contributed by atoms with Crippen LogP contribution in [0.1, 0.15) is 53.4 Å². The molecule has 19 heavy (non-hydrogen) atoms. The summed E-state index contributed by atoms with van der Waals surface area (Å²) in [5.74, 6) is 0.803. The largest absolute Gasteiger partial charge is 0.464 e. The monoisotopic (exact) mass is 264 g/mol. The number of rotatable bonds is 2. The third-order valence-corrected chi connectivity index (χ3v) is 6.66. The Bertz CT molecular complexity index is 376. The smallest absolute Gasteiger partial charge is 0.403 e. The maximum Gasteiger partial charge on any atom is 0.464 e. The molecular weight excluding hydrogens is 239 g/mol. The van der Waals surface area contributed by atoms with Gasteiger partial charge in [-0.2, -0.15) is 0 Å². The summed E-state index contributed by atoms with van der Waals surface area (Å²) in [4.78, 5) is 0. The van der Waals surface area contributed by atoms with E-state index in [1.54, 1.807) is 0 Å². The zero-order chi connectivity index (χ0) is 13.5. The van der Waals surface area contributed by atoms with Gasteiger partial charge in [0.15, 0.2) is 0 Å². The fourth-order valence-electron chi connectivity index (χ4n) is 4.74. The van der Waals surface area contributed by atoms with Gasteiger partial charge in [-0.15, -0.1) is 0 Å². The van der Waals surface area contributed by atoms with E-state index in [1.165, 1.54) is 25.7 Å². The maximum absolute atomic E-state index is 6.26. The molecule has 3 aliphatic carbocycles. The van der Waals surface area contributed by atoms with Crippen molar-refractivity contribution in [1.82, 2.24) is 0 Å². The molecule has 1 unspecified atom stereocenters. The normalized spacial score (nSPS) is 49.9. The zero-order valence-corrected chi connectivity index (χ0v) is 12.6. The third kappa shape index (κ3) is 1.46. The Balaban J connectivity index is 1.45. The van der Waals surface area contributed by atoms with Gasteiger partial charge in [0.1, 0.15) is 0 Å². The standard InChI is InChI=1S/C15H25BO3/c1-12(2)13(3,4)19-16(18-12)15-8-14(9-15,10-15)11-5-6-17-7-11/h11H,5-10H2,1-4H3. The van der Waals surface area contributed by atoms with Crippen LogP contribution in [0.25, 0.3) is 0 Å². The van der Waals surface area contributed by atoms with Gasteiger partial charge in [0, 0.05) is 18.5 Å². The lowest BCUT2D eigenvalue weighted by Crippen LogP contribution is -2.66. The highest BCUT2D eigenvalue weighted by atomic mass is 16.7. The predicted molar refractivity (Wildman–Crippen MR) is 74.0 cm³/mol. The lowest BCUT2D eigenvalue weighted by atomic mass is 9.22. The van der Waals surface area contributed by atoms with Crippen molar-refractivity contribution in [3.8, 4) is 0 Å². The summed E-state index contributed by atoms with van der Waals surface area (Å²) in [6, 6.07) is 0. The van der Waals surface area contributed by atoms with Crippen molar-refractivity contribution in [1.29, 1.82) is 0 Å². The quantitative estimate of drug-likeness (QED) is 0.717. The summed E-state index contributed by atoms with van der Waals surface area (Å²) < 4.78 is 18.1. The number of hydrogen-bond acceptors (Lipinski definition) is 3. The number of ether oxygens (including phenoxy) is 1. The van der Waals surface area contributed by atoms with E-state index < -0.39 is 0 Å². The van der Waals surface area contributed by atoms with Crippen molar-refractivity contribution < 1.29 is 14.0 Å². The lowest BCUT2D eigenvalue weighted by Gasteiger charge is -2.73. The predicted octanol–water partition coefficient (Wildman–Crippen LogP) is 3.04. The Morgan fingerprint density at radius 1 is 0.947 bits per heavy atom. The fourth-order valence-corrected chi connectivity index (χ4v) is 4.74. The zero-order valence-electron chi connectivity index (χ0n) is 12.6. The summed E-state index contributed by atoms with van der Waals surface area (Å²) in [5, 5.41) is 0.327. The molecule has 1 atom stereocenters. The second-order valence-corrected chi connectivity index (χ2v) is 8.40. The van der Waals surface area contributed by atoms with E-state index >= 15 is 0 Å². The molecule has 0 N–H and O–H groups in total. The summed E-state index contributed by atoms with van der Waals surface area (Å²) in [7, 11) is 0.0155. The van der Waals surface area contributed by atoms with Crippen molar-refractivity contribution in [3.05, 3.63) is 0 Å². The van der Waals surface area contributed by atoms with E-state index in [1.807, 2.05) is 0 Å². The van der Waals surface area contributed by atoms with Crippen LogP contribution in [0.2, 0.25) is 5.31 Å². The third-order valence-electron chi connectivity index (χ3n) is 6.66. The van der Waals surface area contributed by atoms with Crippen molar-refractivity contribution in [2.75, 3.05) is 13.2 Å². The molecule has 0 radical (unpaired) electrons. The van der Waals surface area contributed by atoms with Gasteiger partial charge in [-0.05, 0) is 64.7 Å². The fraction of sp³-hybridized carbons (Fsp3) is 1.00. The summed E-state index contributed by atoms with van der Waals surface area (Å²) in [6.07, 6.45) is 5.15. The highest BCUT2D eigenvalue weighted by Crippen LogP contribution is 2.83. The van der Waals surface area contributed by atoms with Gasteiger partial charge in [0.25, 0.3) is 0 Å². The van der Waals surface area contributed by atoms with Gasteiger partial charge in [-0.3, -0.25) is 0 Å². The molecule has 0 amide bonds. The average molecular weight is 264 g/mol. The molecular formula is C15H25BO3. The van der Waals surface area contributed by atoms with E-state index in [4.69, 9.17) is 14.0 Å². The first kappa shape index (κ1) is 12.7. The Hall–Kier alpha value is -0.0551. The Morgan fingerprint density at radius 2 is 1.53 bits per heavy atom. The molecule has 2 heterocycles. The Morgan fingerprint density at radius 3 is 2.00 bits per heavy atom. The molecule has 0 aromatic rings. The molecule has 0 aromatic carbocycles. The molecule has 2 aliphatic heterocycles. The van der Waals surface area contributed by atoms with Gasteiger partial charge in [-0.1, -0.05) is 0 Å². The second-order valence-electron chi connectivity index (χ2n) is 8.40. The van der Waals surface area contributed by atoms with Gasteiger partial charge in [0.05, 0.1) is 11.2 Å². The molecule has 2 bridgehead atoms. The van der Waals surface area contributed by atoms with Crippen LogP contribution in [-0.4, -0.2) is 31.5 Å². The molecule has 0 aromatic heterocycles. The van der Waals surface area contributed by atoms with E-state index in [-0.39, 0.29) is 18.3 Å². The van der Waals surface area contributed by atoms with Gasteiger partial charge in [-0.25, -0.2) is 0 Å². The van der Waals surface area contributed by atoms with E-state index in [2.05, 4.69) is 27.7 Å². The SMILES string of the molecule is CC1(C)OB(C23CC(C4CCOC4)(C2)C3)OC1(C)C. The van der Waals surface area contributed by atoms with Crippen LogP contribution in [0.5, 0.6) is 0 Å². The van der Waals surface area contributed by atoms with Crippen molar-refractivity contribution in [2.45, 2.75) is 69.9 Å².